The fourth-order valence-electron chi connectivity index (χ4n) is 3.26. The fourth-order valence-corrected chi connectivity index (χ4v) is 4.08. The number of furan rings is 1. The number of nitrogens with zero attached hydrogens (tertiary/aromatic N) is 3. The number of esters is 1. The number of methoxy groups -OCH3 is 1. The molecule has 1 saturated heterocycles. The molecular formula is C23H21N3O5S. The summed E-state index contributed by atoms with van der Waals surface area (Å²) >= 11 is 0.872. The van der Waals surface area contributed by atoms with Crippen LogP contribution >= 0.6 is 11.8 Å². The van der Waals surface area contributed by atoms with Crippen LogP contribution in [0.25, 0.3) is 11.8 Å². The highest BCUT2D eigenvalue weighted by atomic mass is 32.2. The van der Waals surface area contributed by atoms with Gasteiger partial charge in [-0.2, -0.15) is 0 Å². The number of aromatic nitrogens is 1. The van der Waals surface area contributed by atoms with Crippen LogP contribution in [0.5, 0.6) is 0 Å². The Morgan fingerprint density at radius 1 is 1.12 bits per heavy atom. The van der Waals surface area contributed by atoms with Crippen LogP contribution in [0.2, 0.25) is 0 Å². The lowest BCUT2D eigenvalue weighted by molar-refractivity contribution is -0.123. The van der Waals surface area contributed by atoms with Gasteiger partial charge in [0.1, 0.15) is 5.76 Å². The lowest BCUT2D eigenvalue weighted by atomic mass is 10.2. The third kappa shape index (κ3) is 4.19. The Hall–Kier alpha value is -3.72. The summed E-state index contributed by atoms with van der Waals surface area (Å²) in [6.45, 7) is -0.0635. The van der Waals surface area contributed by atoms with Crippen molar-refractivity contribution in [2.45, 2.75) is 6.54 Å². The van der Waals surface area contributed by atoms with Crippen molar-refractivity contribution in [3.63, 3.8) is 0 Å². The summed E-state index contributed by atoms with van der Waals surface area (Å²) in [5.41, 5.74) is 2.80. The molecule has 0 radical (unpaired) electrons. The van der Waals surface area contributed by atoms with E-state index in [1.807, 2.05) is 66.2 Å². The highest BCUT2D eigenvalue weighted by Crippen LogP contribution is 2.34. The second-order valence-electron chi connectivity index (χ2n) is 7.24. The van der Waals surface area contributed by atoms with Crippen molar-refractivity contribution in [3.8, 4) is 5.69 Å². The summed E-state index contributed by atoms with van der Waals surface area (Å²) in [6.07, 6.45) is 3.60. The molecule has 0 atom stereocenters. The number of thioether (sulfide) groups is 1. The molecule has 0 unspecified atom stereocenters. The molecular weight excluding hydrogens is 430 g/mol. The van der Waals surface area contributed by atoms with E-state index in [1.54, 1.807) is 12.1 Å². The summed E-state index contributed by atoms with van der Waals surface area (Å²) in [7, 11) is 5.20. The molecule has 0 saturated carbocycles. The van der Waals surface area contributed by atoms with Gasteiger partial charge >= 0.3 is 5.97 Å². The van der Waals surface area contributed by atoms with Crippen LogP contribution in [-0.4, -0.2) is 47.8 Å². The Morgan fingerprint density at radius 2 is 1.88 bits per heavy atom. The molecule has 32 heavy (non-hydrogen) atoms. The summed E-state index contributed by atoms with van der Waals surface area (Å²) in [6, 6.07) is 14.8. The maximum Gasteiger partial charge on any atom is 0.373 e. The molecule has 1 aromatic carbocycles. The van der Waals surface area contributed by atoms with Gasteiger partial charge in [0.2, 0.25) is 5.76 Å². The summed E-state index contributed by atoms with van der Waals surface area (Å²) in [5, 5.41) is -0.397. The molecule has 0 spiro atoms. The molecule has 8 nitrogen and oxygen atoms in total. The Labute approximate surface area is 189 Å². The minimum Gasteiger partial charge on any atom is -0.463 e. The van der Waals surface area contributed by atoms with E-state index in [9.17, 15) is 14.4 Å². The summed E-state index contributed by atoms with van der Waals surface area (Å²) < 4.78 is 11.9. The van der Waals surface area contributed by atoms with E-state index in [2.05, 4.69) is 4.74 Å². The summed E-state index contributed by atoms with van der Waals surface area (Å²) in [5.74, 6) is -0.696. The molecule has 164 valence electrons. The van der Waals surface area contributed by atoms with E-state index in [-0.39, 0.29) is 12.3 Å². The molecule has 2 amide bonds. The number of amides is 2. The smallest absolute Gasteiger partial charge is 0.373 e. The van der Waals surface area contributed by atoms with Crippen molar-refractivity contribution in [2.24, 2.45) is 0 Å². The zero-order chi connectivity index (χ0) is 22.8. The zero-order valence-electron chi connectivity index (χ0n) is 17.8. The lowest BCUT2D eigenvalue weighted by Crippen LogP contribution is -2.27. The van der Waals surface area contributed by atoms with Crippen LogP contribution in [0.3, 0.4) is 0 Å². The van der Waals surface area contributed by atoms with Crippen molar-refractivity contribution in [3.05, 3.63) is 76.8 Å². The van der Waals surface area contributed by atoms with E-state index in [0.29, 0.717) is 10.7 Å². The third-order valence-electron chi connectivity index (χ3n) is 4.94. The van der Waals surface area contributed by atoms with Crippen molar-refractivity contribution in [1.82, 2.24) is 9.47 Å². The van der Waals surface area contributed by atoms with Gasteiger partial charge in [0.25, 0.3) is 11.1 Å². The number of rotatable bonds is 6. The Kier molecular flexibility index (Phi) is 5.91. The molecule has 3 heterocycles. The van der Waals surface area contributed by atoms with Crippen molar-refractivity contribution in [2.75, 3.05) is 26.1 Å². The van der Waals surface area contributed by atoms with E-state index in [4.69, 9.17) is 4.42 Å². The Bertz CT molecular complexity index is 1210. The van der Waals surface area contributed by atoms with Crippen LogP contribution in [0, 0.1) is 0 Å². The normalized spacial score (nSPS) is 15.0. The van der Waals surface area contributed by atoms with E-state index < -0.39 is 17.1 Å². The monoisotopic (exact) mass is 451 g/mol. The first kappa shape index (κ1) is 21.5. The second kappa shape index (κ2) is 8.80. The van der Waals surface area contributed by atoms with Crippen LogP contribution in [0.4, 0.5) is 10.5 Å². The van der Waals surface area contributed by atoms with E-state index in [0.717, 1.165) is 33.7 Å². The van der Waals surface area contributed by atoms with Crippen molar-refractivity contribution < 1.29 is 23.5 Å². The van der Waals surface area contributed by atoms with Gasteiger partial charge in [-0.1, -0.05) is 0 Å². The maximum atomic E-state index is 12.9. The van der Waals surface area contributed by atoms with Crippen molar-refractivity contribution in [1.29, 1.82) is 0 Å². The number of imide groups is 1. The molecule has 1 aliphatic heterocycles. The number of hydrogen-bond donors (Lipinski definition) is 0. The molecule has 0 N–H and O–H groups in total. The molecule has 4 rings (SSSR count). The maximum absolute atomic E-state index is 12.9. The lowest BCUT2D eigenvalue weighted by Gasteiger charge is -2.14. The number of ether oxygens (including phenoxy) is 1. The molecule has 3 aromatic rings. The first-order chi connectivity index (χ1) is 15.4. The molecule has 2 aromatic heterocycles. The predicted molar refractivity (Wildman–Crippen MR) is 122 cm³/mol. The van der Waals surface area contributed by atoms with Gasteiger partial charge in [-0.05, 0) is 66.4 Å². The van der Waals surface area contributed by atoms with Gasteiger partial charge in [0.05, 0.1) is 18.6 Å². The fraction of sp³-hybridized carbons (Fsp3) is 0.174. The standard InChI is InChI=1S/C23H21N3O5S/c1-24(2)15-6-8-16(9-7-15)25-12-4-5-17(25)13-20-21(27)26(23(29)32-20)14-18-10-11-19(31-18)22(28)30-3/h4-13H,14H2,1-3H3/b20-13+. The van der Waals surface area contributed by atoms with Gasteiger partial charge in [0, 0.05) is 37.4 Å². The SMILES string of the molecule is COC(=O)c1ccc(CN2C(=O)S/C(=C/c3cccn3-c3ccc(N(C)C)cc3)C2=O)o1. The van der Waals surface area contributed by atoms with Gasteiger partial charge < -0.3 is 18.6 Å². The van der Waals surface area contributed by atoms with Gasteiger partial charge in [-0.3, -0.25) is 14.5 Å². The van der Waals surface area contributed by atoms with Crippen LogP contribution in [0.15, 0.2) is 64.1 Å². The van der Waals surface area contributed by atoms with Gasteiger partial charge in [0.15, 0.2) is 0 Å². The van der Waals surface area contributed by atoms with Crippen LogP contribution in [-0.2, 0) is 16.1 Å². The number of benzene rings is 1. The number of carbonyl (C=O) groups is 3. The highest BCUT2D eigenvalue weighted by molar-refractivity contribution is 8.18. The molecule has 9 heteroatoms. The predicted octanol–water partition coefficient (Wildman–Crippen LogP) is 4.16. The number of hydrogen-bond acceptors (Lipinski definition) is 7. The molecule has 1 aliphatic rings. The highest BCUT2D eigenvalue weighted by Gasteiger charge is 2.36. The summed E-state index contributed by atoms with van der Waals surface area (Å²) in [4.78, 5) is 40.3. The van der Waals surface area contributed by atoms with Crippen LogP contribution < -0.4 is 4.90 Å². The van der Waals surface area contributed by atoms with E-state index in [1.165, 1.54) is 13.2 Å². The third-order valence-corrected chi connectivity index (χ3v) is 5.85. The number of carbonyl (C=O) groups excluding carboxylic acids is 3. The Balaban J connectivity index is 1.54. The minimum absolute atomic E-state index is 0.0168. The first-order valence-corrected chi connectivity index (χ1v) is 10.6. The molecule has 0 aliphatic carbocycles. The van der Waals surface area contributed by atoms with Crippen LogP contribution in [0.1, 0.15) is 22.0 Å². The average molecular weight is 452 g/mol. The number of anilines is 1. The van der Waals surface area contributed by atoms with Gasteiger partial charge in [-0.25, -0.2) is 4.79 Å². The first-order valence-electron chi connectivity index (χ1n) is 9.75. The average Bonchev–Trinajstić information content (AvgIpc) is 3.50. The minimum atomic E-state index is -0.621. The molecule has 1 fully saturated rings. The Morgan fingerprint density at radius 3 is 2.56 bits per heavy atom. The second-order valence-corrected chi connectivity index (χ2v) is 8.23. The zero-order valence-corrected chi connectivity index (χ0v) is 18.6. The topological polar surface area (TPSA) is 85.0 Å². The van der Waals surface area contributed by atoms with E-state index >= 15 is 0 Å². The van der Waals surface area contributed by atoms with Crippen molar-refractivity contribution >= 4 is 40.6 Å². The quantitative estimate of drug-likeness (QED) is 0.411. The van der Waals surface area contributed by atoms with Gasteiger partial charge in [-0.15, -0.1) is 0 Å². The molecule has 0 bridgehead atoms. The largest absolute Gasteiger partial charge is 0.463 e.